The number of nitrogens with one attached hydrogen (secondary N) is 1. The van der Waals surface area contributed by atoms with Gasteiger partial charge in [-0.2, -0.15) is 10.4 Å². The molecule has 8 heteroatoms. The van der Waals surface area contributed by atoms with Crippen LogP contribution in [0.25, 0.3) is 0 Å². The van der Waals surface area contributed by atoms with Gasteiger partial charge in [0.15, 0.2) is 0 Å². The molecule has 0 saturated heterocycles. The van der Waals surface area contributed by atoms with Crippen LogP contribution in [0.5, 0.6) is 5.75 Å². The molecular weight excluding hydrogens is 546 g/mol. The van der Waals surface area contributed by atoms with E-state index in [1.807, 2.05) is 37.3 Å². The topological polar surface area (TPSA) is 74.5 Å². The number of benzene rings is 3. The van der Waals surface area contributed by atoms with E-state index in [1.165, 1.54) is 6.21 Å². The van der Waals surface area contributed by atoms with Crippen LogP contribution < -0.4 is 10.2 Å². The zero-order valence-electron chi connectivity index (χ0n) is 16.3. The minimum absolute atomic E-state index is 0.254. The van der Waals surface area contributed by atoms with E-state index >= 15 is 0 Å². The molecule has 5 nitrogen and oxygen atoms in total. The van der Waals surface area contributed by atoms with Gasteiger partial charge in [-0.3, -0.25) is 4.79 Å². The Balaban J connectivity index is 1.67. The molecule has 0 radical (unpaired) electrons. The number of nitrogens with zero attached hydrogens (tertiary/aromatic N) is 2. The van der Waals surface area contributed by atoms with Crippen molar-refractivity contribution in [3.63, 3.8) is 0 Å². The molecule has 0 bridgehead atoms. The number of hydrazone groups is 1. The van der Waals surface area contributed by atoms with E-state index < -0.39 is 0 Å². The van der Waals surface area contributed by atoms with Crippen LogP contribution in [0.1, 0.15) is 32.6 Å². The van der Waals surface area contributed by atoms with Crippen molar-refractivity contribution < 1.29 is 9.53 Å². The van der Waals surface area contributed by atoms with E-state index in [2.05, 4.69) is 48.5 Å². The second kappa shape index (κ2) is 10.6. The third-order valence-corrected chi connectivity index (χ3v) is 5.93. The van der Waals surface area contributed by atoms with Crippen molar-refractivity contribution in [1.29, 1.82) is 5.26 Å². The van der Waals surface area contributed by atoms with E-state index in [4.69, 9.17) is 16.3 Å². The lowest BCUT2D eigenvalue weighted by Crippen LogP contribution is -2.17. The molecule has 0 atom stereocenters. The van der Waals surface area contributed by atoms with E-state index in [9.17, 15) is 10.1 Å². The monoisotopic (exact) mass is 559 g/mol. The number of hydrogen-bond donors (Lipinski definition) is 1. The number of carbonyl (C=O) groups is 1. The van der Waals surface area contributed by atoms with Gasteiger partial charge in [-0.15, -0.1) is 0 Å². The Labute approximate surface area is 201 Å². The fraction of sp³-hybridized carbons (Fsp3) is 0.0870. The maximum absolute atomic E-state index is 12.2. The molecule has 1 amide bonds. The van der Waals surface area contributed by atoms with Crippen LogP contribution in [0.3, 0.4) is 0 Å². The number of carbonyl (C=O) groups excluding carboxylic acids is 1. The molecule has 156 valence electrons. The molecule has 3 aromatic carbocycles. The molecule has 0 aliphatic heterocycles. The van der Waals surface area contributed by atoms with Crippen LogP contribution >= 0.6 is 43.5 Å². The number of halogens is 3. The predicted molar refractivity (Wildman–Crippen MR) is 129 cm³/mol. The van der Waals surface area contributed by atoms with Gasteiger partial charge in [-0.1, -0.05) is 35.9 Å². The second-order valence-corrected chi connectivity index (χ2v) is 8.65. The molecule has 0 aliphatic carbocycles. The Bertz CT molecular complexity index is 1180. The van der Waals surface area contributed by atoms with Crippen molar-refractivity contribution in [2.45, 2.75) is 13.5 Å². The third kappa shape index (κ3) is 5.95. The SMILES string of the molecule is Cc1ccc(C(=O)N/N=C\c2cc(Br)c(OCc3ccccc3C#N)c(Br)c2)cc1Cl. The summed E-state index contributed by atoms with van der Waals surface area (Å²) >= 11 is 13.1. The van der Waals surface area contributed by atoms with Crippen molar-refractivity contribution in [3.05, 3.63) is 96.4 Å². The van der Waals surface area contributed by atoms with Gasteiger partial charge in [-0.05, 0) is 80.2 Å². The zero-order chi connectivity index (χ0) is 22.4. The molecular formula is C23H16Br2ClN3O2. The lowest BCUT2D eigenvalue weighted by atomic mass is 10.1. The summed E-state index contributed by atoms with van der Waals surface area (Å²) in [5.41, 5.74) is 5.93. The zero-order valence-corrected chi connectivity index (χ0v) is 20.3. The van der Waals surface area contributed by atoms with E-state index in [1.54, 1.807) is 24.3 Å². The first-order valence-electron chi connectivity index (χ1n) is 9.08. The van der Waals surface area contributed by atoms with Gasteiger partial charge in [0.2, 0.25) is 0 Å². The van der Waals surface area contributed by atoms with Gasteiger partial charge in [0.25, 0.3) is 5.91 Å². The number of aryl methyl sites for hydroxylation is 1. The Kier molecular flexibility index (Phi) is 7.85. The third-order valence-electron chi connectivity index (χ3n) is 4.34. The molecule has 3 rings (SSSR count). The number of nitriles is 1. The minimum atomic E-state index is -0.354. The smallest absolute Gasteiger partial charge is 0.271 e. The van der Waals surface area contributed by atoms with E-state index in [0.717, 1.165) is 16.7 Å². The summed E-state index contributed by atoms with van der Waals surface area (Å²) in [6.07, 6.45) is 1.53. The highest BCUT2D eigenvalue weighted by atomic mass is 79.9. The number of ether oxygens (including phenoxy) is 1. The minimum Gasteiger partial charge on any atom is -0.486 e. The molecule has 0 aliphatic rings. The quantitative estimate of drug-likeness (QED) is 0.280. The van der Waals surface area contributed by atoms with Crippen LogP contribution in [-0.2, 0) is 6.61 Å². The van der Waals surface area contributed by atoms with Crippen molar-refractivity contribution in [3.8, 4) is 11.8 Å². The Hall–Kier alpha value is -2.66. The summed E-state index contributed by atoms with van der Waals surface area (Å²) in [5.74, 6) is 0.246. The first-order chi connectivity index (χ1) is 14.9. The largest absolute Gasteiger partial charge is 0.486 e. The van der Waals surface area contributed by atoms with Crippen LogP contribution in [-0.4, -0.2) is 12.1 Å². The normalized spacial score (nSPS) is 10.7. The molecule has 0 fully saturated rings. The van der Waals surface area contributed by atoms with Crippen LogP contribution in [0.2, 0.25) is 5.02 Å². The van der Waals surface area contributed by atoms with Gasteiger partial charge in [0, 0.05) is 16.1 Å². The van der Waals surface area contributed by atoms with Crippen molar-refractivity contribution >= 4 is 55.6 Å². The molecule has 0 spiro atoms. The maximum atomic E-state index is 12.2. The predicted octanol–water partition coefficient (Wildman–Crippen LogP) is 6.39. The molecule has 0 unspecified atom stereocenters. The first kappa shape index (κ1) is 23.0. The van der Waals surface area contributed by atoms with E-state index in [0.29, 0.717) is 30.8 Å². The average Bonchev–Trinajstić information content (AvgIpc) is 2.75. The van der Waals surface area contributed by atoms with E-state index in [-0.39, 0.29) is 12.5 Å². The highest BCUT2D eigenvalue weighted by molar-refractivity contribution is 9.11. The van der Waals surface area contributed by atoms with Crippen LogP contribution in [0.4, 0.5) is 0 Å². The summed E-state index contributed by atoms with van der Waals surface area (Å²) < 4.78 is 7.31. The van der Waals surface area contributed by atoms with Gasteiger partial charge >= 0.3 is 0 Å². The fourth-order valence-electron chi connectivity index (χ4n) is 2.66. The molecule has 31 heavy (non-hydrogen) atoms. The standard InChI is InChI=1S/C23H16Br2ClN3O2/c1-14-6-7-16(10-21(14)26)23(30)29-28-12-15-8-19(24)22(20(25)9-15)31-13-18-5-3-2-4-17(18)11-27/h2-10,12H,13H2,1H3,(H,29,30)/b28-12-. The summed E-state index contributed by atoms with van der Waals surface area (Å²) in [7, 11) is 0. The second-order valence-electron chi connectivity index (χ2n) is 6.53. The van der Waals surface area contributed by atoms with Gasteiger partial charge in [0.1, 0.15) is 12.4 Å². The summed E-state index contributed by atoms with van der Waals surface area (Å²) in [4.78, 5) is 12.2. The maximum Gasteiger partial charge on any atom is 0.271 e. The molecule has 3 aromatic rings. The Morgan fingerprint density at radius 1 is 1.19 bits per heavy atom. The lowest BCUT2D eigenvalue weighted by molar-refractivity contribution is 0.0955. The van der Waals surface area contributed by atoms with Gasteiger partial charge < -0.3 is 4.74 Å². The Morgan fingerprint density at radius 2 is 1.90 bits per heavy atom. The van der Waals surface area contributed by atoms with Crippen LogP contribution in [0, 0.1) is 18.3 Å². The van der Waals surface area contributed by atoms with Gasteiger partial charge in [0.05, 0.1) is 26.8 Å². The summed E-state index contributed by atoms with van der Waals surface area (Å²) in [6.45, 7) is 2.12. The molecule has 0 heterocycles. The van der Waals surface area contributed by atoms with Crippen molar-refractivity contribution in [2.24, 2.45) is 5.10 Å². The van der Waals surface area contributed by atoms with Crippen molar-refractivity contribution in [1.82, 2.24) is 5.43 Å². The van der Waals surface area contributed by atoms with Crippen LogP contribution in [0.15, 0.2) is 68.6 Å². The summed E-state index contributed by atoms with van der Waals surface area (Å²) in [6, 6.07) is 18.1. The first-order valence-corrected chi connectivity index (χ1v) is 11.0. The highest BCUT2D eigenvalue weighted by Crippen LogP contribution is 2.35. The average molecular weight is 562 g/mol. The molecule has 1 N–H and O–H groups in total. The lowest BCUT2D eigenvalue weighted by Gasteiger charge is -2.12. The molecule has 0 aromatic heterocycles. The Morgan fingerprint density at radius 3 is 2.58 bits per heavy atom. The number of hydrogen-bond acceptors (Lipinski definition) is 4. The molecule has 0 saturated carbocycles. The summed E-state index contributed by atoms with van der Waals surface area (Å²) in [5, 5.41) is 13.7. The number of rotatable bonds is 6. The van der Waals surface area contributed by atoms with Crippen molar-refractivity contribution in [2.75, 3.05) is 0 Å². The fourth-order valence-corrected chi connectivity index (χ4v) is 4.29. The number of amides is 1. The highest BCUT2D eigenvalue weighted by Gasteiger charge is 2.11. The van der Waals surface area contributed by atoms with Gasteiger partial charge in [-0.25, -0.2) is 5.43 Å².